The summed E-state index contributed by atoms with van der Waals surface area (Å²) in [4.78, 5) is 25.6. The normalized spacial score (nSPS) is 20.5. The summed E-state index contributed by atoms with van der Waals surface area (Å²) in [5.74, 6) is -0.376. The molecule has 6 heteroatoms. The third-order valence-electron chi connectivity index (χ3n) is 2.68. The summed E-state index contributed by atoms with van der Waals surface area (Å²) >= 11 is 4.65. The summed E-state index contributed by atoms with van der Waals surface area (Å²) in [6, 6.07) is 1.79. The van der Waals surface area contributed by atoms with Gasteiger partial charge in [0.25, 0.3) is 0 Å². The fourth-order valence-corrected chi connectivity index (χ4v) is 3.21. The van der Waals surface area contributed by atoms with Crippen LogP contribution in [0.1, 0.15) is 22.5 Å². The van der Waals surface area contributed by atoms with Crippen LogP contribution in [0.2, 0.25) is 0 Å². The van der Waals surface area contributed by atoms with Crippen LogP contribution >= 0.6 is 27.3 Å². The molecule has 1 aliphatic rings. The average molecular weight is 318 g/mol. The second-order valence-corrected chi connectivity index (χ2v) is 5.75. The third-order valence-corrected chi connectivity index (χ3v) is 4.41. The largest absolute Gasteiger partial charge is 0.465 e. The van der Waals surface area contributed by atoms with Gasteiger partial charge in [-0.1, -0.05) is 15.9 Å². The van der Waals surface area contributed by atoms with Crippen LogP contribution in [0.3, 0.4) is 0 Å². The molecule has 1 unspecified atom stereocenters. The van der Waals surface area contributed by atoms with Crippen molar-refractivity contribution in [1.82, 2.24) is 0 Å². The lowest BCUT2D eigenvalue weighted by atomic mass is 10.1. The van der Waals surface area contributed by atoms with Crippen LogP contribution in [0, 0.1) is 0 Å². The van der Waals surface area contributed by atoms with Crippen molar-refractivity contribution in [3.63, 3.8) is 0 Å². The van der Waals surface area contributed by atoms with Crippen LogP contribution < -0.4 is 4.90 Å². The molecule has 2 heterocycles. The van der Waals surface area contributed by atoms with Gasteiger partial charge < -0.3 is 9.64 Å². The van der Waals surface area contributed by atoms with Gasteiger partial charge in [0, 0.05) is 6.54 Å². The van der Waals surface area contributed by atoms with E-state index in [0.717, 1.165) is 12.8 Å². The van der Waals surface area contributed by atoms with E-state index in [1.165, 1.54) is 18.4 Å². The van der Waals surface area contributed by atoms with Crippen LogP contribution in [0.15, 0.2) is 11.4 Å². The molecule has 1 aliphatic heterocycles. The number of carbonyl (C=O) groups is 2. The third kappa shape index (κ3) is 2.37. The zero-order valence-electron chi connectivity index (χ0n) is 9.31. The van der Waals surface area contributed by atoms with E-state index in [4.69, 9.17) is 4.74 Å². The molecule has 0 saturated carbocycles. The first-order chi connectivity index (χ1) is 8.15. The number of amides is 1. The minimum atomic E-state index is -0.389. The van der Waals surface area contributed by atoms with E-state index in [-0.39, 0.29) is 16.7 Å². The topological polar surface area (TPSA) is 46.6 Å². The van der Waals surface area contributed by atoms with E-state index < -0.39 is 0 Å². The minimum Gasteiger partial charge on any atom is -0.465 e. The fourth-order valence-electron chi connectivity index (χ4n) is 1.83. The average Bonchev–Trinajstić information content (AvgIpc) is 2.80. The smallest absolute Gasteiger partial charge is 0.350 e. The molecule has 0 radical (unpaired) electrons. The maximum atomic E-state index is 12.0. The summed E-state index contributed by atoms with van der Waals surface area (Å²) in [7, 11) is 1.34. The molecule has 4 nitrogen and oxygen atoms in total. The van der Waals surface area contributed by atoms with E-state index in [1.54, 1.807) is 16.3 Å². The molecule has 1 aromatic heterocycles. The monoisotopic (exact) mass is 317 g/mol. The Morgan fingerprint density at radius 2 is 2.41 bits per heavy atom. The van der Waals surface area contributed by atoms with Gasteiger partial charge in [-0.2, -0.15) is 0 Å². The van der Waals surface area contributed by atoms with Crippen LogP contribution in [0.25, 0.3) is 0 Å². The standard InChI is InChI=1S/C11H12BrNO3S/c1-16-11(15)9-8(4-6-17-9)13-5-2-3-7(12)10(13)14/h4,6-7H,2-3,5H2,1H3. The van der Waals surface area contributed by atoms with Crippen molar-refractivity contribution in [2.75, 3.05) is 18.6 Å². The Bertz CT molecular complexity index is 446. The van der Waals surface area contributed by atoms with Crippen molar-refractivity contribution in [2.45, 2.75) is 17.7 Å². The predicted molar refractivity (Wildman–Crippen MR) is 70.0 cm³/mol. The minimum absolute atomic E-state index is 0.0137. The zero-order chi connectivity index (χ0) is 12.4. The van der Waals surface area contributed by atoms with Gasteiger partial charge in [0.05, 0.1) is 17.6 Å². The molecule has 1 aromatic rings. The van der Waals surface area contributed by atoms with Gasteiger partial charge in [-0.15, -0.1) is 11.3 Å². The summed E-state index contributed by atoms with van der Waals surface area (Å²) in [6.07, 6.45) is 1.77. The van der Waals surface area contributed by atoms with E-state index in [0.29, 0.717) is 17.1 Å². The lowest BCUT2D eigenvalue weighted by Crippen LogP contribution is -2.42. The van der Waals surface area contributed by atoms with Crippen molar-refractivity contribution in [1.29, 1.82) is 0 Å². The van der Waals surface area contributed by atoms with Gasteiger partial charge in [0.15, 0.2) is 0 Å². The quantitative estimate of drug-likeness (QED) is 0.621. The van der Waals surface area contributed by atoms with E-state index in [1.807, 2.05) is 0 Å². The number of hydrogen-bond donors (Lipinski definition) is 0. The number of hydrogen-bond acceptors (Lipinski definition) is 4. The Kier molecular flexibility index (Phi) is 3.83. The summed E-state index contributed by atoms with van der Waals surface area (Å²) < 4.78 is 4.71. The molecule has 1 amide bonds. The Balaban J connectivity index is 2.30. The molecule has 0 aliphatic carbocycles. The Morgan fingerprint density at radius 1 is 1.65 bits per heavy atom. The van der Waals surface area contributed by atoms with E-state index >= 15 is 0 Å². The molecule has 1 atom stereocenters. The molecule has 17 heavy (non-hydrogen) atoms. The van der Waals surface area contributed by atoms with Crippen LogP contribution in [0.4, 0.5) is 5.69 Å². The van der Waals surface area contributed by atoms with Crippen LogP contribution in [0.5, 0.6) is 0 Å². The number of alkyl halides is 1. The van der Waals surface area contributed by atoms with Crippen LogP contribution in [-0.2, 0) is 9.53 Å². The molecular formula is C11H12BrNO3S. The molecular weight excluding hydrogens is 306 g/mol. The number of halogens is 1. The number of esters is 1. The van der Waals surface area contributed by atoms with Gasteiger partial charge >= 0.3 is 5.97 Å². The van der Waals surface area contributed by atoms with Gasteiger partial charge in [-0.05, 0) is 24.3 Å². The molecule has 1 fully saturated rings. The first-order valence-corrected chi connectivity index (χ1v) is 7.06. The maximum Gasteiger partial charge on any atom is 0.350 e. The van der Waals surface area contributed by atoms with Crippen molar-refractivity contribution >= 4 is 44.8 Å². The highest BCUT2D eigenvalue weighted by molar-refractivity contribution is 9.10. The van der Waals surface area contributed by atoms with Crippen molar-refractivity contribution in [3.05, 3.63) is 16.3 Å². The van der Waals surface area contributed by atoms with E-state index in [9.17, 15) is 9.59 Å². The number of carbonyl (C=O) groups excluding carboxylic acids is 2. The summed E-state index contributed by atoms with van der Waals surface area (Å²) in [5, 5.41) is 1.80. The number of anilines is 1. The lowest BCUT2D eigenvalue weighted by molar-refractivity contribution is -0.118. The van der Waals surface area contributed by atoms with Gasteiger partial charge in [0.2, 0.25) is 5.91 Å². The highest BCUT2D eigenvalue weighted by atomic mass is 79.9. The van der Waals surface area contributed by atoms with Gasteiger partial charge in [-0.3, -0.25) is 4.79 Å². The molecule has 0 N–H and O–H groups in total. The zero-order valence-corrected chi connectivity index (χ0v) is 11.7. The predicted octanol–water partition coefficient (Wildman–Crippen LogP) is 2.43. The number of nitrogens with zero attached hydrogens (tertiary/aromatic N) is 1. The van der Waals surface area contributed by atoms with Crippen LogP contribution in [-0.4, -0.2) is 30.4 Å². The SMILES string of the molecule is COC(=O)c1sccc1N1CCCC(Br)C1=O. The van der Waals surface area contributed by atoms with E-state index in [2.05, 4.69) is 15.9 Å². The van der Waals surface area contributed by atoms with Gasteiger partial charge in [0.1, 0.15) is 4.88 Å². The lowest BCUT2D eigenvalue weighted by Gasteiger charge is -2.29. The highest BCUT2D eigenvalue weighted by Crippen LogP contribution is 2.31. The summed E-state index contributed by atoms with van der Waals surface area (Å²) in [6.45, 7) is 0.654. The Hall–Kier alpha value is -0.880. The molecule has 0 aromatic carbocycles. The Morgan fingerprint density at radius 3 is 3.12 bits per heavy atom. The fraction of sp³-hybridized carbons (Fsp3) is 0.455. The maximum absolute atomic E-state index is 12.0. The number of thiophene rings is 1. The molecule has 0 spiro atoms. The highest BCUT2D eigenvalue weighted by Gasteiger charge is 2.30. The van der Waals surface area contributed by atoms with Gasteiger partial charge in [-0.25, -0.2) is 4.79 Å². The second kappa shape index (κ2) is 5.18. The number of rotatable bonds is 2. The first-order valence-electron chi connectivity index (χ1n) is 5.26. The number of ether oxygens (including phenoxy) is 1. The second-order valence-electron chi connectivity index (χ2n) is 3.73. The summed E-state index contributed by atoms with van der Waals surface area (Å²) in [5.41, 5.74) is 0.663. The van der Waals surface area contributed by atoms with Crippen molar-refractivity contribution in [2.24, 2.45) is 0 Å². The molecule has 0 bridgehead atoms. The Labute approximate surface area is 112 Å². The number of methoxy groups -OCH3 is 1. The first kappa shape index (κ1) is 12.6. The number of piperidine rings is 1. The molecule has 2 rings (SSSR count). The van der Waals surface area contributed by atoms with Crippen molar-refractivity contribution in [3.8, 4) is 0 Å². The molecule has 1 saturated heterocycles. The molecule has 92 valence electrons. The van der Waals surface area contributed by atoms with Crippen molar-refractivity contribution < 1.29 is 14.3 Å².